The quantitative estimate of drug-likeness (QED) is 0.800. The number of nitrogen functional groups attached to an aromatic ring is 1. The first-order valence-corrected chi connectivity index (χ1v) is 5.94. The van der Waals surface area contributed by atoms with Crippen molar-refractivity contribution in [3.05, 3.63) is 24.5 Å². The summed E-state index contributed by atoms with van der Waals surface area (Å²) in [6.07, 6.45) is 4.74. The van der Waals surface area contributed by atoms with E-state index in [2.05, 4.69) is 22.5 Å². The molecular weight excluding hydrogens is 198 g/mol. The molecule has 1 aromatic heterocycles. The molecule has 0 amide bonds. The van der Waals surface area contributed by atoms with Gasteiger partial charge in [0.05, 0.1) is 17.4 Å². The number of anilines is 1. The zero-order valence-electron chi connectivity index (χ0n) is 9.56. The van der Waals surface area contributed by atoms with Gasteiger partial charge in [0.25, 0.3) is 0 Å². The highest BCUT2D eigenvalue weighted by atomic mass is 15.0. The summed E-state index contributed by atoms with van der Waals surface area (Å²) in [6, 6.07) is 5.95. The molecule has 1 aromatic carbocycles. The Hall–Kier alpha value is -1.51. The molecule has 0 bridgehead atoms. The maximum absolute atomic E-state index is 5.74. The molecule has 16 heavy (non-hydrogen) atoms. The number of aromatic nitrogens is 2. The van der Waals surface area contributed by atoms with Gasteiger partial charge in [0, 0.05) is 12.2 Å². The Labute approximate surface area is 95.3 Å². The topological polar surface area (TPSA) is 43.8 Å². The number of nitrogens with two attached hydrogens (primary N) is 1. The van der Waals surface area contributed by atoms with Crippen LogP contribution in [0.1, 0.15) is 19.8 Å². The third-order valence-electron chi connectivity index (χ3n) is 3.56. The smallest absolute Gasteiger partial charge is 0.0958 e. The van der Waals surface area contributed by atoms with Crippen LogP contribution in [0, 0.1) is 11.8 Å². The van der Waals surface area contributed by atoms with Gasteiger partial charge < -0.3 is 10.3 Å². The van der Waals surface area contributed by atoms with E-state index in [9.17, 15) is 0 Å². The lowest BCUT2D eigenvalue weighted by molar-refractivity contribution is 0.436. The molecule has 84 valence electrons. The molecule has 2 N–H and O–H groups in total. The summed E-state index contributed by atoms with van der Waals surface area (Å²) < 4.78 is 2.25. The van der Waals surface area contributed by atoms with Crippen molar-refractivity contribution in [3.8, 4) is 0 Å². The third kappa shape index (κ3) is 1.66. The SMILES string of the molecule is CC(Cn1cnc2cc(N)ccc21)C1CC1. The number of rotatable bonds is 3. The molecule has 1 atom stereocenters. The van der Waals surface area contributed by atoms with E-state index in [1.165, 1.54) is 18.4 Å². The number of fused-ring (bicyclic) bond motifs is 1. The van der Waals surface area contributed by atoms with Crippen LogP contribution in [0.15, 0.2) is 24.5 Å². The maximum Gasteiger partial charge on any atom is 0.0958 e. The molecule has 3 nitrogen and oxygen atoms in total. The van der Waals surface area contributed by atoms with Gasteiger partial charge in [0.1, 0.15) is 0 Å². The van der Waals surface area contributed by atoms with E-state index in [1.807, 2.05) is 18.5 Å². The van der Waals surface area contributed by atoms with E-state index in [-0.39, 0.29) is 0 Å². The minimum Gasteiger partial charge on any atom is -0.399 e. The second kappa shape index (κ2) is 3.51. The molecule has 0 aliphatic heterocycles. The van der Waals surface area contributed by atoms with Crippen molar-refractivity contribution in [2.45, 2.75) is 26.3 Å². The van der Waals surface area contributed by atoms with Crippen LogP contribution in [0.25, 0.3) is 11.0 Å². The molecule has 1 saturated carbocycles. The molecule has 0 saturated heterocycles. The minimum absolute atomic E-state index is 0.759. The average Bonchev–Trinajstić information content (AvgIpc) is 3.03. The summed E-state index contributed by atoms with van der Waals surface area (Å²) in [5, 5.41) is 0. The van der Waals surface area contributed by atoms with Crippen molar-refractivity contribution in [1.29, 1.82) is 0 Å². The van der Waals surface area contributed by atoms with Crippen molar-refractivity contribution >= 4 is 16.7 Å². The van der Waals surface area contributed by atoms with Gasteiger partial charge in [-0.2, -0.15) is 0 Å². The van der Waals surface area contributed by atoms with Gasteiger partial charge in [-0.25, -0.2) is 4.98 Å². The van der Waals surface area contributed by atoms with E-state index in [1.54, 1.807) is 0 Å². The van der Waals surface area contributed by atoms with E-state index in [0.29, 0.717) is 0 Å². The molecule has 0 spiro atoms. The molecule has 1 unspecified atom stereocenters. The number of imidazole rings is 1. The van der Waals surface area contributed by atoms with Gasteiger partial charge in [0.2, 0.25) is 0 Å². The van der Waals surface area contributed by atoms with Crippen LogP contribution in [0.2, 0.25) is 0 Å². The number of hydrogen-bond acceptors (Lipinski definition) is 2. The van der Waals surface area contributed by atoms with Crippen molar-refractivity contribution in [2.75, 3.05) is 5.73 Å². The normalized spacial score (nSPS) is 17.8. The molecule has 0 radical (unpaired) electrons. The average molecular weight is 215 g/mol. The standard InChI is InChI=1S/C13H17N3/c1-9(10-2-3-10)7-16-8-15-12-6-11(14)4-5-13(12)16/h4-6,8-10H,2-3,7,14H2,1H3. The van der Waals surface area contributed by atoms with E-state index < -0.39 is 0 Å². The van der Waals surface area contributed by atoms with Crippen LogP contribution < -0.4 is 5.73 Å². The molecule has 3 rings (SSSR count). The highest BCUT2D eigenvalue weighted by Gasteiger charge is 2.28. The number of benzene rings is 1. The van der Waals surface area contributed by atoms with Gasteiger partial charge in [-0.1, -0.05) is 6.92 Å². The predicted molar refractivity (Wildman–Crippen MR) is 66.0 cm³/mol. The van der Waals surface area contributed by atoms with Gasteiger partial charge >= 0.3 is 0 Å². The fraction of sp³-hybridized carbons (Fsp3) is 0.462. The number of nitrogens with zero attached hydrogens (tertiary/aromatic N) is 2. The zero-order chi connectivity index (χ0) is 11.1. The van der Waals surface area contributed by atoms with Crippen LogP contribution in [0.5, 0.6) is 0 Å². The van der Waals surface area contributed by atoms with Crippen molar-refractivity contribution in [2.24, 2.45) is 11.8 Å². The highest BCUT2D eigenvalue weighted by molar-refractivity contribution is 5.78. The zero-order valence-corrected chi connectivity index (χ0v) is 9.56. The summed E-state index contributed by atoms with van der Waals surface area (Å²) in [5.41, 5.74) is 8.73. The molecule has 1 aliphatic carbocycles. The molecular formula is C13H17N3. The second-order valence-electron chi connectivity index (χ2n) is 4.96. The summed E-state index contributed by atoms with van der Waals surface area (Å²) in [6.45, 7) is 3.41. The first kappa shape index (κ1) is 9.70. The fourth-order valence-electron chi connectivity index (χ4n) is 2.35. The van der Waals surface area contributed by atoms with E-state index in [4.69, 9.17) is 5.73 Å². The monoisotopic (exact) mass is 215 g/mol. The summed E-state index contributed by atoms with van der Waals surface area (Å²) in [7, 11) is 0. The summed E-state index contributed by atoms with van der Waals surface area (Å²) in [5.74, 6) is 1.70. The third-order valence-corrected chi connectivity index (χ3v) is 3.56. The van der Waals surface area contributed by atoms with Crippen molar-refractivity contribution in [1.82, 2.24) is 9.55 Å². The van der Waals surface area contributed by atoms with Gasteiger partial charge in [-0.15, -0.1) is 0 Å². The van der Waals surface area contributed by atoms with Gasteiger partial charge in [-0.3, -0.25) is 0 Å². The molecule has 2 aromatic rings. The lowest BCUT2D eigenvalue weighted by Crippen LogP contribution is -2.08. The summed E-state index contributed by atoms with van der Waals surface area (Å²) in [4.78, 5) is 4.40. The predicted octanol–water partition coefficient (Wildman–Crippen LogP) is 2.66. The number of hydrogen-bond donors (Lipinski definition) is 1. The second-order valence-corrected chi connectivity index (χ2v) is 4.96. The Morgan fingerprint density at radius 2 is 2.31 bits per heavy atom. The Kier molecular flexibility index (Phi) is 2.13. The van der Waals surface area contributed by atoms with Crippen molar-refractivity contribution in [3.63, 3.8) is 0 Å². The lowest BCUT2D eigenvalue weighted by atomic mass is 10.1. The summed E-state index contributed by atoms with van der Waals surface area (Å²) >= 11 is 0. The van der Waals surface area contributed by atoms with E-state index >= 15 is 0 Å². The largest absolute Gasteiger partial charge is 0.399 e. The molecule has 3 heteroatoms. The maximum atomic E-state index is 5.74. The van der Waals surface area contributed by atoms with Crippen LogP contribution in [0.4, 0.5) is 5.69 Å². The Balaban J connectivity index is 1.91. The van der Waals surface area contributed by atoms with Crippen LogP contribution in [-0.2, 0) is 6.54 Å². The fourth-order valence-corrected chi connectivity index (χ4v) is 2.35. The highest BCUT2D eigenvalue weighted by Crippen LogP contribution is 2.37. The van der Waals surface area contributed by atoms with Crippen molar-refractivity contribution < 1.29 is 0 Å². The lowest BCUT2D eigenvalue weighted by Gasteiger charge is -2.11. The van der Waals surface area contributed by atoms with Crippen LogP contribution in [-0.4, -0.2) is 9.55 Å². The molecule has 1 heterocycles. The Morgan fingerprint density at radius 3 is 3.06 bits per heavy atom. The van der Waals surface area contributed by atoms with Gasteiger partial charge in [0.15, 0.2) is 0 Å². The Morgan fingerprint density at radius 1 is 1.50 bits per heavy atom. The van der Waals surface area contributed by atoms with E-state index in [0.717, 1.165) is 29.6 Å². The van der Waals surface area contributed by atoms with Crippen LogP contribution in [0.3, 0.4) is 0 Å². The van der Waals surface area contributed by atoms with Gasteiger partial charge in [-0.05, 0) is 42.9 Å². The first-order valence-electron chi connectivity index (χ1n) is 5.94. The van der Waals surface area contributed by atoms with Crippen LogP contribution >= 0.6 is 0 Å². The molecule has 1 aliphatic rings. The molecule has 1 fully saturated rings. The minimum atomic E-state index is 0.759. The Bertz CT molecular complexity index is 511. The first-order chi connectivity index (χ1) is 7.74.